The summed E-state index contributed by atoms with van der Waals surface area (Å²) in [6.07, 6.45) is 0.0591. The normalized spacial score (nSPS) is 18.4. The van der Waals surface area contributed by atoms with Crippen molar-refractivity contribution in [1.29, 1.82) is 0 Å². The number of anilines is 1. The van der Waals surface area contributed by atoms with E-state index in [-0.39, 0.29) is 6.10 Å². The molecule has 1 aliphatic heterocycles. The van der Waals surface area contributed by atoms with Crippen molar-refractivity contribution < 1.29 is 14.2 Å². The van der Waals surface area contributed by atoms with E-state index in [0.29, 0.717) is 38.1 Å². The topological polar surface area (TPSA) is 51.8 Å². The van der Waals surface area contributed by atoms with Crippen LogP contribution < -0.4 is 15.4 Å². The Kier molecular flexibility index (Phi) is 6.04. The lowest BCUT2D eigenvalue weighted by Crippen LogP contribution is -2.41. The molecule has 0 bridgehead atoms. The van der Waals surface area contributed by atoms with Gasteiger partial charge in [0, 0.05) is 12.2 Å². The Morgan fingerprint density at radius 3 is 2.80 bits per heavy atom. The van der Waals surface area contributed by atoms with Crippen molar-refractivity contribution in [3.05, 3.63) is 24.3 Å². The Labute approximate surface area is 124 Å². The molecule has 0 amide bonds. The second-order valence-corrected chi connectivity index (χ2v) is 4.77. The zero-order chi connectivity index (χ0) is 14.2. The third-order valence-electron chi connectivity index (χ3n) is 2.80. The molecule has 20 heavy (non-hydrogen) atoms. The smallest absolute Gasteiger partial charge is 0.170 e. The van der Waals surface area contributed by atoms with Gasteiger partial charge >= 0.3 is 0 Å². The SMILES string of the molecule is CCOc1ccc(NC(=S)NC[C@@H]2COCCO2)cc1. The van der Waals surface area contributed by atoms with E-state index in [0.717, 1.165) is 11.4 Å². The molecule has 0 saturated carbocycles. The van der Waals surface area contributed by atoms with Crippen LogP contribution in [0.3, 0.4) is 0 Å². The average molecular weight is 296 g/mol. The number of hydrogen-bond donors (Lipinski definition) is 2. The van der Waals surface area contributed by atoms with E-state index in [1.54, 1.807) is 0 Å². The minimum Gasteiger partial charge on any atom is -0.494 e. The van der Waals surface area contributed by atoms with Crippen LogP contribution in [-0.2, 0) is 9.47 Å². The zero-order valence-electron chi connectivity index (χ0n) is 11.6. The van der Waals surface area contributed by atoms with Crippen LogP contribution in [0.1, 0.15) is 6.92 Å². The molecule has 1 saturated heterocycles. The summed E-state index contributed by atoms with van der Waals surface area (Å²) in [5.74, 6) is 0.852. The van der Waals surface area contributed by atoms with Crippen LogP contribution in [0.2, 0.25) is 0 Å². The maximum Gasteiger partial charge on any atom is 0.170 e. The number of thiocarbonyl (C=S) groups is 1. The molecule has 1 heterocycles. The fourth-order valence-electron chi connectivity index (χ4n) is 1.84. The molecule has 0 radical (unpaired) electrons. The van der Waals surface area contributed by atoms with Crippen molar-refractivity contribution >= 4 is 23.0 Å². The molecule has 0 aliphatic carbocycles. The summed E-state index contributed by atoms with van der Waals surface area (Å²) in [4.78, 5) is 0. The Balaban J connectivity index is 1.73. The van der Waals surface area contributed by atoms with Crippen LogP contribution in [-0.4, -0.2) is 44.2 Å². The van der Waals surface area contributed by atoms with E-state index in [1.807, 2.05) is 31.2 Å². The first kappa shape index (κ1) is 15.0. The van der Waals surface area contributed by atoms with E-state index in [1.165, 1.54) is 0 Å². The quantitative estimate of drug-likeness (QED) is 0.808. The number of nitrogens with one attached hydrogen (secondary N) is 2. The molecule has 1 aliphatic rings. The predicted molar refractivity (Wildman–Crippen MR) is 82.4 cm³/mol. The number of hydrogen-bond acceptors (Lipinski definition) is 4. The van der Waals surface area contributed by atoms with Gasteiger partial charge in [-0.2, -0.15) is 0 Å². The molecular weight excluding hydrogens is 276 g/mol. The lowest BCUT2D eigenvalue weighted by molar-refractivity contribution is -0.0849. The van der Waals surface area contributed by atoms with Gasteiger partial charge in [-0.05, 0) is 43.4 Å². The Hall–Kier alpha value is -1.37. The first-order valence-corrected chi connectivity index (χ1v) is 7.16. The third kappa shape index (κ3) is 4.96. The Bertz CT molecular complexity index is 419. The van der Waals surface area contributed by atoms with Crippen molar-refractivity contribution in [3.8, 4) is 5.75 Å². The average Bonchev–Trinajstić information content (AvgIpc) is 2.49. The first-order valence-electron chi connectivity index (χ1n) is 6.75. The second-order valence-electron chi connectivity index (χ2n) is 4.36. The van der Waals surface area contributed by atoms with Crippen molar-refractivity contribution in [2.24, 2.45) is 0 Å². The van der Waals surface area contributed by atoms with Crippen LogP contribution >= 0.6 is 12.2 Å². The van der Waals surface area contributed by atoms with Gasteiger partial charge in [-0.1, -0.05) is 0 Å². The van der Waals surface area contributed by atoms with Gasteiger partial charge in [0.05, 0.1) is 32.5 Å². The molecule has 1 aromatic carbocycles. The van der Waals surface area contributed by atoms with Gasteiger partial charge in [-0.15, -0.1) is 0 Å². The van der Waals surface area contributed by atoms with Crippen LogP contribution in [0.15, 0.2) is 24.3 Å². The van der Waals surface area contributed by atoms with Gasteiger partial charge in [0.25, 0.3) is 0 Å². The monoisotopic (exact) mass is 296 g/mol. The van der Waals surface area contributed by atoms with Crippen molar-refractivity contribution in [2.45, 2.75) is 13.0 Å². The lowest BCUT2D eigenvalue weighted by Gasteiger charge is -2.23. The maximum atomic E-state index is 5.53. The van der Waals surface area contributed by atoms with E-state index < -0.39 is 0 Å². The Morgan fingerprint density at radius 2 is 2.15 bits per heavy atom. The highest BCUT2D eigenvalue weighted by molar-refractivity contribution is 7.80. The molecule has 1 atom stereocenters. The van der Waals surface area contributed by atoms with Crippen LogP contribution in [0.25, 0.3) is 0 Å². The number of ether oxygens (including phenoxy) is 3. The van der Waals surface area contributed by atoms with Gasteiger partial charge in [0.2, 0.25) is 0 Å². The molecule has 110 valence electrons. The molecule has 2 N–H and O–H groups in total. The highest BCUT2D eigenvalue weighted by Gasteiger charge is 2.14. The predicted octanol–water partition coefficient (Wildman–Crippen LogP) is 1.79. The van der Waals surface area contributed by atoms with Crippen molar-refractivity contribution in [1.82, 2.24) is 5.32 Å². The molecule has 0 spiro atoms. The third-order valence-corrected chi connectivity index (χ3v) is 3.04. The highest BCUT2D eigenvalue weighted by Crippen LogP contribution is 2.15. The van der Waals surface area contributed by atoms with Crippen molar-refractivity contribution in [2.75, 3.05) is 38.3 Å². The van der Waals surface area contributed by atoms with E-state index in [4.69, 9.17) is 26.4 Å². The minimum absolute atomic E-state index is 0.0591. The van der Waals surface area contributed by atoms with Crippen LogP contribution in [0.5, 0.6) is 5.75 Å². The summed E-state index contributed by atoms with van der Waals surface area (Å²) in [5.41, 5.74) is 0.923. The van der Waals surface area contributed by atoms with E-state index in [2.05, 4.69) is 10.6 Å². The van der Waals surface area contributed by atoms with Crippen LogP contribution in [0.4, 0.5) is 5.69 Å². The molecule has 1 aromatic rings. The zero-order valence-corrected chi connectivity index (χ0v) is 12.4. The molecule has 5 nitrogen and oxygen atoms in total. The van der Waals surface area contributed by atoms with E-state index >= 15 is 0 Å². The highest BCUT2D eigenvalue weighted by atomic mass is 32.1. The molecular formula is C14H20N2O3S. The van der Waals surface area contributed by atoms with Gasteiger partial charge in [-0.3, -0.25) is 0 Å². The number of benzene rings is 1. The van der Waals surface area contributed by atoms with Gasteiger partial charge < -0.3 is 24.8 Å². The Morgan fingerprint density at radius 1 is 1.35 bits per heavy atom. The molecule has 0 unspecified atom stereocenters. The summed E-state index contributed by atoms with van der Waals surface area (Å²) in [7, 11) is 0. The fraction of sp³-hybridized carbons (Fsp3) is 0.500. The van der Waals surface area contributed by atoms with Gasteiger partial charge in [0.15, 0.2) is 5.11 Å². The van der Waals surface area contributed by atoms with Gasteiger partial charge in [-0.25, -0.2) is 0 Å². The van der Waals surface area contributed by atoms with Crippen molar-refractivity contribution in [3.63, 3.8) is 0 Å². The van der Waals surface area contributed by atoms with Crippen LogP contribution in [0, 0.1) is 0 Å². The largest absolute Gasteiger partial charge is 0.494 e. The second kappa shape index (κ2) is 8.04. The molecule has 2 rings (SSSR count). The summed E-state index contributed by atoms with van der Waals surface area (Å²) >= 11 is 5.24. The summed E-state index contributed by atoms with van der Waals surface area (Å²) < 4.78 is 16.2. The molecule has 6 heteroatoms. The van der Waals surface area contributed by atoms with Gasteiger partial charge in [0.1, 0.15) is 5.75 Å². The molecule has 0 aromatic heterocycles. The lowest BCUT2D eigenvalue weighted by atomic mass is 10.3. The minimum atomic E-state index is 0.0591. The maximum absolute atomic E-state index is 5.53. The standard InChI is InChI=1S/C14H20N2O3S/c1-2-18-12-5-3-11(4-6-12)16-14(20)15-9-13-10-17-7-8-19-13/h3-6,13H,2,7-10H2,1H3,(H2,15,16,20)/t13-/m1/s1. The molecule has 1 fully saturated rings. The fourth-order valence-corrected chi connectivity index (χ4v) is 2.04. The summed E-state index contributed by atoms with van der Waals surface area (Å²) in [6.45, 7) is 5.19. The number of rotatable bonds is 5. The van der Waals surface area contributed by atoms with E-state index in [9.17, 15) is 0 Å². The summed E-state index contributed by atoms with van der Waals surface area (Å²) in [6, 6.07) is 7.68. The first-order chi connectivity index (χ1) is 9.78. The summed E-state index contributed by atoms with van der Waals surface area (Å²) in [5, 5.41) is 6.82.